The lowest BCUT2D eigenvalue weighted by molar-refractivity contribution is -0.923. The summed E-state index contributed by atoms with van der Waals surface area (Å²) < 4.78 is 0. The highest BCUT2D eigenvalue weighted by Crippen LogP contribution is 2.28. The van der Waals surface area contributed by atoms with Crippen molar-refractivity contribution in [3.05, 3.63) is 0 Å². The van der Waals surface area contributed by atoms with E-state index in [1.165, 1.54) is 4.90 Å². The molecule has 2 bridgehead atoms. The van der Waals surface area contributed by atoms with Crippen LogP contribution in [0.3, 0.4) is 0 Å². The molecule has 3 rings (SSSR count). The average molecular weight is 259 g/mol. The Kier molecular flexibility index (Phi) is 3.50. The second kappa shape index (κ2) is 4.75. The third-order valence-electron chi connectivity index (χ3n) is 3.80. The van der Waals surface area contributed by atoms with Crippen molar-refractivity contribution in [1.82, 2.24) is 16.2 Å². The molecule has 0 aromatic rings. The molecule has 1 atom stereocenters. The number of quaternary nitrogens is 1. The highest BCUT2D eigenvalue weighted by Gasteiger charge is 2.53. The molecule has 3 saturated heterocycles. The maximum Gasteiger partial charge on any atom is 0.276 e. The van der Waals surface area contributed by atoms with Gasteiger partial charge in [0.15, 0.2) is 10.7 Å². The lowest BCUT2D eigenvalue weighted by atomic mass is 9.75. The van der Waals surface area contributed by atoms with Crippen LogP contribution >= 0.6 is 12.2 Å². The summed E-state index contributed by atoms with van der Waals surface area (Å²) in [4.78, 5) is 13.3. The average Bonchev–Trinajstić information content (AvgIpc) is 2.36. The number of hydrogen-bond donors (Lipinski definition) is 5. The molecule has 5 N–H and O–H groups in total. The van der Waals surface area contributed by atoms with Gasteiger partial charge < -0.3 is 15.3 Å². The zero-order valence-electron chi connectivity index (χ0n) is 9.88. The van der Waals surface area contributed by atoms with Crippen molar-refractivity contribution in [2.45, 2.75) is 18.4 Å². The van der Waals surface area contributed by atoms with Gasteiger partial charge in [-0.05, 0) is 12.2 Å². The van der Waals surface area contributed by atoms with Crippen molar-refractivity contribution in [3.8, 4) is 0 Å². The summed E-state index contributed by atoms with van der Waals surface area (Å²) in [5, 5.41) is 13.5. The van der Waals surface area contributed by atoms with E-state index in [0.29, 0.717) is 11.7 Å². The van der Waals surface area contributed by atoms with Crippen LogP contribution in [-0.2, 0) is 4.79 Å². The maximum atomic E-state index is 12.0. The Labute approximate surface area is 106 Å². The van der Waals surface area contributed by atoms with E-state index < -0.39 is 5.60 Å². The minimum absolute atomic E-state index is 0.0740. The summed E-state index contributed by atoms with van der Waals surface area (Å²) in [5.41, 5.74) is 3.79. The van der Waals surface area contributed by atoms with Gasteiger partial charge in [-0.15, -0.1) is 0 Å². The van der Waals surface area contributed by atoms with Gasteiger partial charge >= 0.3 is 0 Å². The largest absolute Gasteiger partial charge is 0.375 e. The van der Waals surface area contributed by atoms with Gasteiger partial charge in [0, 0.05) is 25.8 Å². The molecule has 0 unspecified atom stereocenters. The molecule has 0 aromatic heterocycles. The Morgan fingerprint density at radius 1 is 1.41 bits per heavy atom. The normalized spacial score (nSPS) is 35.2. The van der Waals surface area contributed by atoms with Crippen LogP contribution in [0, 0.1) is 5.92 Å². The first-order valence-electron chi connectivity index (χ1n) is 5.90. The van der Waals surface area contributed by atoms with E-state index >= 15 is 0 Å². The highest BCUT2D eigenvalue weighted by atomic mass is 32.1. The first kappa shape index (κ1) is 12.5. The van der Waals surface area contributed by atoms with Crippen LogP contribution in [0.2, 0.25) is 0 Å². The van der Waals surface area contributed by atoms with E-state index in [2.05, 4.69) is 16.2 Å². The molecule has 1 amide bonds. The van der Waals surface area contributed by atoms with Crippen molar-refractivity contribution < 1.29 is 14.8 Å². The number of nitrogens with one attached hydrogen (secondary N) is 4. The van der Waals surface area contributed by atoms with Crippen molar-refractivity contribution in [3.63, 3.8) is 0 Å². The van der Waals surface area contributed by atoms with E-state index in [4.69, 9.17) is 12.2 Å². The van der Waals surface area contributed by atoms with E-state index in [1.807, 2.05) is 0 Å². The zero-order chi connectivity index (χ0) is 12.5. The standard InChI is InChI=1S/C10H18N4O2S/c1-11-9(17)13-12-8(15)10(16)6-14-4-2-7(10)3-5-14/h7,16H,2-6H2,1H3,(H,12,15)(H2,11,13,17)/p+1/t10-/m0/s1. The summed E-state index contributed by atoms with van der Waals surface area (Å²) in [6.45, 7) is 2.61. The van der Waals surface area contributed by atoms with Crippen LogP contribution in [0.5, 0.6) is 0 Å². The fourth-order valence-electron chi connectivity index (χ4n) is 2.76. The van der Waals surface area contributed by atoms with Gasteiger partial charge in [0.2, 0.25) is 0 Å². The van der Waals surface area contributed by atoms with E-state index in [9.17, 15) is 9.90 Å². The number of piperidine rings is 3. The number of thiocarbonyl (C=S) groups is 1. The third kappa shape index (κ3) is 2.36. The van der Waals surface area contributed by atoms with Gasteiger partial charge in [0.1, 0.15) is 6.54 Å². The topological polar surface area (TPSA) is 77.8 Å². The van der Waals surface area contributed by atoms with Crippen LogP contribution in [0.15, 0.2) is 0 Å². The van der Waals surface area contributed by atoms with Gasteiger partial charge in [-0.1, -0.05) is 0 Å². The van der Waals surface area contributed by atoms with Crippen LogP contribution in [-0.4, -0.2) is 48.4 Å². The molecule has 3 aliphatic heterocycles. The summed E-state index contributed by atoms with van der Waals surface area (Å²) in [6.07, 6.45) is 1.82. The number of rotatable bonds is 1. The van der Waals surface area contributed by atoms with Gasteiger partial charge in [-0.2, -0.15) is 0 Å². The summed E-state index contributed by atoms with van der Waals surface area (Å²) in [7, 11) is 1.66. The van der Waals surface area contributed by atoms with E-state index in [-0.39, 0.29) is 11.8 Å². The SMILES string of the molecule is CNC(=S)NNC(=O)[C@]1(O)C[NH+]2CCC1CC2. The van der Waals surface area contributed by atoms with Gasteiger partial charge in [-0.25, -0.2) is 0 Å². The molecule has 3 fully saturated rings. The van der Waals surface area contributed by atoms with Crippen molar-refractivity contribution >= 4 is 23.2 Å². The predicted octanol–water partition coefficient (Wildman–Crippen LogP) is -2.85. The second-order valence-electron chi connectivity index (χ2n) is 4.78. The molecule has 3 heterocycles. The monoisotopic (exact) mass is 259 g/mol. The van der Waals surface area contributed by atoms with E-state index in [1.54, 1.807) is 7.05 Å². The molecular formula is C10H19N4O2S+. The van der Waals surface area contributed by atoms with Crippen LogP contribution in [0.25, 0.3) is 0 Å². The molecular weight excluding hydrogens is 240 g/mol. The van der Waals surface area contributed by atoms with Crippen LogP contribution in [0.4, 0.5) is 0 Å². The molecule has 0 saturated carbocycles. The van der Waals surface area contributed by atoms with E-state index in [0.717, 1.165) is 25.9 Å². The Morgan fingerprint density at radius 2 is 2.06 bits per heavy atom. The first-order valence-corrected chi connectivity index (χ1v) is 6.31. The number of aliphatic hydroxyl groups is 1. The molecule has 6 nitrogen and oxygen atoms in total. The number of hydrogen-bond acceptors (Lipinski definition) is 3. The fourth-order valence-corrected chi connectivity index (χ4v) is 2.81. The molecule has 0 aromatic carbocycles. The van der Waals surface area contributed by atoms with Crippen LogP contribution in [0.1, 0.15) is 12.8 Å². The predicted molar refractivity (Wildman–Crippen MR) is 66.2 cm³/mol. The minimum atomic E-state index is -1.25. The number of carbonyl (C=O) groups excluding carboxylic acids is 1. The third-order valence-corrected chi connectivity index (χ3v) is 4.10. The number of hydrazine groups is 1. The number of carbonyl (C=O) groups is 1. The number of fused-ring (bicyclic) bond motifs is 3. The van der Waals surface area contributed by atoms with Crippen molar-refractivity contribution in [2.75, 3.05) is 26.7 Å². The molecule has 96 valence electrons. The lowest BCUT2D eigenvalue weighted by Crippen LogP contribution is -3.18. The summed E-state index contributed by atoms with van der Waals surface area (Å²) in [5.74, 6) is -0.304. The summed E-state index contributed by atoms with van der Waals surface area (Å²) >= 11 is 4.85. The van der Waals surface area contributed by atoms with Gasteiger partial charge in [0.25, 0.3) is 5.91 Å². The first-order chi connectivity index (χ1) is 8.06. The summed E-state index contributed by atoms with van der Waals surface area (Å²) in [6, 6.07) is 0. The lowest BCUT2D eigenvalue weighted by Gasteiger charge is -2.46. The Hall–Kier alpha value is -0.920. The van der Waals surface area contributed by atoms with Crippen LogP contribution < -0.4 is 21.1 Å². The molecule has 0 radical (unpaired) electrons. The van der Waals surface area contributed by atoms with Gasteiger partial charge in [-0.3, -0.25) is 15.6 Å². The zero-order valence-corrected chi connectivity index (χ0v) is 10.7. The smallest absolute Gasteiger partial charge is 0.276 e. The van der Waals surface area contributed by atoms with Crippen molar-refractivity contribution in [1.29, 1.82) is 0 Å². The Balaban J connectivity index is 1.96. The molecule has 17 heavy (non-hydrogen) atoms. The fraction of sp³-hybridized carbons (Fsp3) is 0.800. The number of amides is 1. The molecule has 0 spiro atoms. The van der Waals surface area contributed by atoms with Gasteiger partial charge in [0.05, 0.1) is 13.1 Å². The molecule has 3 aliphatic rings. The molecule has 0 aliphatic carbocycles. The minimum Gasteiger partial charge on any atom is -0.375 e. The van der Waals surface area contributed by atoms with Crippen molar-refractivity contribution in [2.24, 2.45) is 5.92 Å². The Morgan fingerprint density at radius 3 is 2.53 bits per heavy atom. The second-order valence-corrected chi connectivity index (χ2v) is 5.19. The quantitative estimate of drug-likeness (QED) is 0.259. The highest BCUT2D eigenvalue weighted by molar-refractivity contribution is 7.80. The maximum absolute atomic E-state index is 12.0. The molecule has 7 heteroatoms. The Bertz CT molecular complexity index is 330.